The Labute approximate surface area is 158 Å². The number of nitrogens with one attached hydrogen (secondary N) is 1. The Morgan fingerprint density at radius 2 is 1.69 bits per heavy atom. The van der Waals surface area contributed by atoms with Gasteiger partial charge in [-0.3, -0.25) is 4.79 Å². The molecule has 26 heavy (non-hydrogen) atoms. The number of hydrogen-bond donors (Lipinski definition) is 1. The van der Waals surface area contributed by atoms with E-state index in [9.17, 15) is 13.2 Å². The van der Waals surface area contributed by atoms with Crippen molar-refractivity contribution in [2.75, 3.05) is 5.32 Å². The van der Waals surface area contributed by atoms with Gasteiger partial charge in [-0.1, -0.05) is 42.6 Å². The van der Waals surface area contributed by atoms with Crippen molar-refractivity contribution >= 4 is 39.1 Å². The Bertz CT molecular complexity index is 914. The second-order valence-corrected chi connectivity index (χ2v) is 8.96. The van der Waals surface area contributed by atoms with Crippen LogP contribution in [0.5, 0.6) is 0 Å². The summed E-state index contributed by atoms with van der Waals surface area (Å²) in [4.78, 5) is 12.3. The smallest absolute Gasteiger partial charge is 0.248 e. The predicted molar refractivity (Wildman–Crippen MR) is 105 cm³/mol. The zero-order valence-electron chi connectivity index (χ0n) is 14.2. The normalized spacial score (nSPS) is 15.4. The van der Waals surface area contributed by atoms with Gasteiger partial charge in [0.05, 0.1) is 10.1 Å². The summed E-state index contributed by atoms with van der Waals surface area (Å²) >= 11 is 6.04. The van der Waals surface area contributed by atoms with Gasteiger partial charge in [0.25, 0.3) is 0 Å². The molecule has 0 aromatic heterocycles. The third-order valence-corrected chi connectivity index (χ3v) is 7.13. The third kappa shape index (κ3) is 4.34. The van der Waals surface area contributed by atoms with Crippen LogP contribution in [0.1, 0.15) is 31.2 Å². The Morgan fingerprint density at radius 3 is 2.35 bits per heavy atom. The van der Waals surface area contributed by atoms with Crippen LogP contribution >= 0.6 is 11.6 Å². The molecule has 1 saturated carbocycles. The molecule has 1 N–H and O–H groups in total. The predicted octanol–water partition coefficient (Wildman–Crippen LogP) is 4.71. The molecule has 0 unspecified atom stereocenters. The van der Waals surface area contributed by atoms with E-state index in [4.69, 9.17) is 11.6 Å². The molecule has 1 aliphatic rings. The zero-order valence-corrected chi connectivity index (χ0v) is 15.8. The molecule has 2 aromatic carbocycles. The molecule has 6 heteroatoms. The Balaban J connectivity index is 1.65. The van der Waals surface area contributed by atoms with Crippen LogP contribution < -0.4 is 5.32 Å². The van der Waals surface area contributed by atoms with E-state index >= 15 is 0 Å². The van der Waals surface area contributed by atoms with E-state index in [1.165, 1.54) is 6.08 Å². The van der Waals surface area contributed by atoms with Gasteiger partial charge in [-0.25, -0.2) is 8.42 Å². The van der Waals surface area contributed by atoms with Gasteiger partial charge in [-0.15, -0.1) is 0 Å². The number of amides is 1. The van der Waals surface area contributed by atoms with Crippen LogP contribution in [-0.2, 0) is 14.6 Å². The van der Waals surface area contributed by atoms with Crippen LogP contribution in [0.3, 0.4) is 0 Å². The first-order valence-corrected chi connectivity index (χ1v) is 10.5. The molecule has 2 aromatic rings. The lowest BCUT2D eigenvalue weighted by Gasteiger charge is -2.11. The molecule has 0 spiro atoms. The van der Waals surface area contributed by atoms with Crippen LogP contribution in [0.4, 0.5) is 5.69 Å². The zero-order chi connectivity index (χ0) is 18.6. The van der Waals surface area contributed by atoms with Crippen molar-refractivity contribution < 1.29 is 13.2 Å². The van der Waals surface area contributed by atoms with Crippen molar-refractivity contribution in [2.24, 2.45) is 0 Å². The Kier molecular flexibility index (Phi) is 5.79. The summed E-state index contributed by atoms with van der Waals surface area (Å²) in [6.07, 6.45) is 6.42. The lowest BCUT2D eigenvalue weighted by atomic mass is 10.2. The molecule has 0 aliphatic heterocycles. The maximum Gasteiger partial charge on any atom is 0.248 e. The second kappa shape index (κ2) is 8.06. The minimum atomic E-state index is -3.28. The standard InChI is InChI=1S/C20H20ClNO3S/c21-19-8-4-1-5-15(19)9-14-20(23)22-16-10-12-18(13-11-16)26(24,25)17-6-2-3-7-17/h1,4-5,8-14,17H,2-3,6-7H2,(H,22,23)/b14-9+. The molecule has 0 bridgehead atoms. The molecular formula is C20H20ClNO3S. The number of halogens is 1. The van der Waals surface area contributed by atoms with Crippen LogP contribution in [0.15, 0.2) is 59.5 Å². The van der Waals surface area contributed by atoms with Gasteiger partial charge in [-0.2, -0.15) is 0 Å². The minimum Gasteiger partial charge on any atom is -0.323 e. The number of anilines is 1. The summed E-state index contributed by atoms with van der Waals surface area (Å²) in [5.74, 6) is -0.309. The molecule has 0 heterocycles. The molecule has 4 nitrogen and oxygen atoms in total. The van der Waals surface area contributed by atoms with Gasteiger partial charge in [0.1, 0.15) is 0 Å². The lowest BCUT2D eigenvalue weighted by molar-refractivity contribution is -0.111. The van der Waals surface area contributed by atoms with Crippen LogP contribution in [0.25, 0.3) is 6.08 Å². The van der Waals surface area contributed by atoms with E-state index in [0.29, 0.717) is 15.6 Å². The third-order valence-electron chi connectivity index (χ3n) is 4.51. The SMILES string of the molecule is O=C(/C=C/c1ccccc1Cl)Nc1ccc(S(=O)(=O)C2CCCC2)cc1. The maximum atomic E-state index is 12.5. The van der Waals surface area contributed by atoms with Gasteiger partial charge in [0, 0.05) is 16.8 Å². The molecule has 1 aliphatic carbocycles. The van der Waals surface area contributed by atoms with Crippen molar-refractivity contribution in [3.05, 3.63) is 65.2 Å². The maximum absolute atomic E-state index is 12.5. The Morgan fingerprint density at radius 1 is 1.04 bits per heavy atom. The molecule has 136 valence electrons. The van der Waals surface area contributed by atoms with Gasteiger partial charge in [0.15, 0.2) is 9.84 Å². The molecule has 1 fully saturated rings. The van der Waals surface area contributed by atoms with Crippen LogP contribution in [0, 0.1) is 0 Å². The fourth-order valence-electron chi connectivity index (χ4n) is 3.08. The van der Waals surface area contributed by atoms with Crippen molar-refractivity contribution in [3.8, 4) is 0 Å². The fraction of sp³-hybridized carbons (Fsp3) is 0.250. The summed E-state index contributed by atoms with van der Waals surface area (Å²) in [6, 6.07) is 13.6. The summed E-state index contributed by atoms with van der Waals surface area (Å²) in [6.45, 7) is 0. The van der Waals surface area contributed by atoms with E-state index in [1.54, 1.807) is 36.4 Å². The van der Waals surface area contributed by atoms with E-state index in [0.717, 1.165) is 31.2 Å². The first-order valence-electron chi connectivity index (χ1n) is 8.54. The molecule has 0 atom stereocenters. The number of carbonyl (C=O) groups excluding carboxylic acids is 1. The quantitative estimate of drug-likeness (QED) is 0.753. The molecule has 0 saturated heterocycles. The first kappa shape index (κ1) is 18.7. The van der Waals surface area contributed by atoms with Crippen molar-refractivity contribution in [2.45, 2.75) is 35.8 Å². The van der Waals surface area contributed by atoms with E-state index in [1.807, 2.05) is 18.2 Å². The molecule has 1 amide bonds. The second-order valence-electron chi connectivity index (χ2n) is 6.32. The van der Waals surface area contributed by atoms with Gasteiger partial charge in [0.2, 0.25) is 5.91 Å². The minimum absolute atomic E-state index is 0.276. The summed E-state index contributed by atoms with van der Waals surface area (Å²) < 4.78 is 25.1. The van der Waals surface area contributed by atoms with E-state index < -0.39 is 9.84 Å². The Hall–Kier alpha value is -2.11. The average Bonchev–Trinajstić information content (AvgIpc) is 3.17. The van der Waals surface area contributed by atoms with Crippen molar-refractivity contribution in [1.29, 1.82) is 0 Å². The highest BCUT2D eigenvalue weighted by Gasteiger charge is 2.30. The first-order chi connectivity index (χ1) is 12.5. The largest absolute Gasteiger partial charge is 0.323 e. The van der Waals surface area contributed by atoms with E-state index in [-0.39, 0.29) is 11.2 Å². The highest BCUT2D eigenvalue weighted by molar-refractivity contribution is 7.92. The fourth-order valence-corrected chi connectivity index (χ4v) is 5.13. The molecular weight excluding hydrogens is 370 g/mol. The number of hydrogen-bond acceptors (Lipinski definition) is 3. The van der Waals surface area contributed by atoms with Crippen LogP contribution in [0.2, 0.25) is 5.02 Å². The molecule has 3 rings (SSSR count). The number of benzene rings is 2. The van der Waals surface area contributed by atoms with Gasteiger partial charge in [-0.05, 0) is 54.8 Å². The van der Waals surface area contributed by atoms with Gasteiger partial charge >= 0.3 is 0 Å². The monoisotopic (exact) mass is 389 g/mol. The highest BCUT2D eigenvalue weighted by atomic mass is 35.5. The topological polar surface area (TPSA) is 63.2 Å². The molecule has 0 radical (unpaired) electrons. The average molecular weight is 390 g/mol. The number of sulfone groups is 1. The summed E-state index contributed by atoms with van der Waals surface area (Å²) in [5, 5.41) is 3.01. The number of carbonyl (C=O) groups is 1. The van der Waals surface area contributed by atoms with E-state index in [2.05, 4.69) is 5.32 Å². The van der Waals surface area contributed by atoms with Gasteiger partial charge < -0.3 is 5.32 Å². The summed E-state index contributed by atoms with van der Waals surface area (Å²) in [5.41, 5.74) is 1.30. The lowest BCUT2D eigenvalue weighted by Crippen LogP contribution is -2.17. The van der Waals surface area contributed by atoms with Crippen molar-refractivity contribution in [3.63, 3.8) is 0 Å². The summed E-state index contributed by atoms with van der Waals surface area (Å²) in [7, 11) is -3.28. The highest BCUT2D eigenvalue weighted by Crippen LogP contribution is 2.30. The van der Waals surface area contributed by atoms with Crippen LogP contribution in [-0.4, -0.2) is 19.6 Å². The van der Waals surface area contributed by atoms with Crippen molar-refractivity contribution in [1.82, 2.24) is 0 Å². The number of rotatable bonds is 5.